The van der Waals surface area contributed by atoms with E-state index in [-0.39, 0.29) is 18.0 Å². The number of carbonyl (C=O) groups is 2. The molecular weight excluding hydrogens is 368 g/mol. The van der Waals surface area contributed by atoms with Gasteiger partial charge < -0.3 is 16.4 Å². The number of aromatic nitrogens is 3. The van der Waals surface area contributed by atoms with E-state index in [0.717, 1.165) is 40.7 Å². The maximum Gasteiger partial charge on any atom is 0.256 e. The van der Waals surface area contributed by atoms with Gasteiger partial charge in [-0.25, -0.2) is 9.67 Å². The van der Waals surface area contributed by atoms with E-state index < -0.39 is 5.91 Å². The maximum atomic E-state index is 12.9. The van der Waals surface area contributed by atoms with Crippen LogP contribution in [-0.2, 0) is 11.3 Å². The molecule has 0 atom stereocenters. The summed E-state index contributed by atoms with van der Waals surface area (Å²) in [5.41, 5.74) is 15.7. The minimum Gasteiger partial charge on any atom is -0.398 e. The summed E-state index contributed by atoms with van der Waals surface area (Å²) in [6.45, 7) is 4.05. The molecule has 0 bridgehead atoms. The second-order valence-electron chi connectivity index (χ2n) is 7.61. The highest BCUT2D eigenvalue weighted by Gasteiger charge is 2.33. The number of hydrogen-bond acceptors (Lipinski definition) is 5. The van der Waals surface area contributed by atoms with Crippen LogP contribution in [0.25, 0.3) is 22.3 Å². The summed E-state index contributed by atoms with van der Waals surface area (Å²) in [6, 6.07) is 7.96. The van der Waals surface area contributed by atoms with E-state index in [9.17, 15) is 9.59 Å². The number of carbonyl (C=O) groups excluding carboxylic acids is 2. The highest BCUT2D eigenvalue weighted by Crippen LogP contribution is 2.38. The first-order valence-corrected chi connectivity index (χ1v) is 9.47. The van der Waals surface area contributed by atoms with Crippen LogP contribution in [0, 0.1) is 0 Å². The lowest BCUT2D eigenvalue weighted by molar-refractivity contribution is -0.114. The number of fused-ring (bicyclic) bond motifs is 2. The summed E-state index contributed by atoms with van der Waals surface area (Å²) in [5, 5.41) is 5.46. The van der Waals surface area contributed by atoms with Gasteiger partial charge in [0.25, 0.3) is 5.91 Å². The third-order valence-corrected chi connectivity index (χ3v) is 5.54. The Morgan fingerprint density at radius 1 is 1.24 bits per heavy atom. The average Bonchev–Trinajstić information content (AvgIpc) is 3.37. The van der Waals surface area contributed by atoms with E-state index in [4.69, 9.17) is 16.5 Å². The van der Waals surface area contributed by atoms with E-state index in [1.165, 1.54) is 4.90 Å². The van der Waals surface area contributed by atoms with Crippen LogP contribution in [0.4, 0.5) is 5.69 Å². The van der Waals surface area contributed by atoms with Gasteiger partial charge in [0.15, 0.2) is 5.65 Å². The molecule has 1 saturated carbocycles. The Hall–Kier alpha value is -3.68. The van der Waals surface area contributed by atoms with Gasteiger partial charge >= 0.3 is 0 Å². The lowest BCUT2D eigenvalue weighted by atomic mass is 9.98. The number of hydrogen-bond donors (Lipinski definition) is 2. The number of anilines is 1. The van der Waals surface area contributed by atoms with Crippen LogP contribution in [0.5, 0.6) is 0 Å². The zero-order valence-electron chi connectivity index (χ0n) is 15.8. The molecule has 0 unspecified atom stereocenters. The van der Waals surface area contributed by atoms with Crippen molar-refractivity contribution >= 4 is 28.5 Å². The van der Waals surface area contributed by atoms with Crippen molar-refractivity contribution < 1.29 is 9.59 Å². The Morgan fingerprint density at radius 3 is 2.76 bits per heavy atom. The summed E-state index contributed by atoms with van der Waals surface area (Å²) < 4.78 is 1.98. The Kier molecular flexibility index (Phi) is 3.70. The van der Waals surface area contributed by atoms with Gasteiger partial charge in [0.2, 0.25) is 5.91 Å². The van der Waals surface area contributed by atoms with Crippen molar-refractivity contribution in [2.45, 2.75) is 25.4 Å². The number of nitrogens with two attached hydrogens (primary N) is 2. The standard InChI is InChI=1S/C21H20N6O2/c1-11(19(23)28)9-26-10-15-14(5-6-16(22)18(15)21(26)29)17-7-2-12-8-24-27(13-3-4-13)20(12)25-17/h2,5-8,13H,1,3-4,9-10,22H2,(H2,23,28). The molecule has 2 amide bonds. The molecule has 146 valence electrons. The topological polar surface area (TPSA) is 120 Å². The fraction of sp³-hybridized carbons (Fsp3) is 0.238. The number of primary amides is 1. The molecule has 2 aromatic heterocycles. The highest BCUT2D eigenvalue weighted by atomic mass is 16.2. The van der Waals surface area contributed by atoms with Gasteiger partial charge in [-0.3, -0.25) is 9.59 Å². The molecule has 3 aromatic rings. The number of nitrogens with zero attached hydrogens (tertiary/aromatic N) is 4. The van der Waals surface area contributed by atoms with E-state index in [2.05, 4.69) is 11.7 Å². The first-order valence-electron chi connectivity index (χ1n) is 9.47. The zero-order valence-corrected chi connectivity index (χ0v) is 15.8. The van der Waals surface area contributed by atoms with Crippen molar-refractivity contribution in [2.75, 3.05) is 12.3 Å². The van der Waals surface area contributed by atoms with E-state index in [1.54, 1.807) is 6.07 Å². The minimum atomic E-state index is -0.623. The molecule has 3 heterocycles. The fourth-order valence-corrected chi connectivity index (χ4v) is 3.84. The molecule has 0 spiro atoms. The minimum absolute atomic E-state index is 0.0721. The number of benzene rings is 1. The van der Waals surface area contributed by atoms with Crippen molar-refractivity contribution in [3.05, 3.63) is 53.7 Å². The van der Waals surface area contributed by atoms with Crippen LogP contribution >= 0.6 is 0 Å². The lowest BCUT2D eigenvalue weighted by Gasteiger charge is -2.15. The Morgan fingerprint density at radius 2 is 2.03 bits per heavy atom. The smallest absolute Gasteiger partial charge is 0.256 e. The second-order valence-corrected chi connectivity index (χ2v) is 7.61. The Balaban J connectivity index is 1.58. The molecule has 1 aliphatic heterocycles. The molecule has 1 fully saturated rings. The van der Waals surface area contributed by atoms with Crippen LogP contribution < -0.4 is 11.5 Å². The predicted octanol–water partition coefficient (Wildman–Crippen LogP) is 2.01. The average molecular weight is 388 g/mol. The highest BCUT2D eigenvalue weighted by molar-refractivity contribution is 6.06. The molecule has 1 aliphatic carbocycles. The van der Waals surface area contributed by atoms with E-state index >= 15 is 0 Å². The van der Waals surface area contributed by atoms with Gasteiger partial charge in [-0.05, 0) is 36.6 Å². The predicted molar refractivity (Wildman–Crippen MR) is 109 cm³/mol. The monoisotopic (exact) mass is 388 g/mol. The van der Waals surface area contributed by atoms with Crippen LogP contribution in [0.2, 0.25) is 0 Å². The third kappa shape index (κ3) is 2.75. The molecular formula is C21H20N6O2. The summed E-state index contributed by atoms with van der Waals surface area (Å²) >= 11 is 0. The Labute approximate surface area is 166 Å². The number of pyridine rings is 1. The molecule has 8 nitrogen and oxygen atoms in total. The second kappa shape index (κ2) is 6.16. The van der Waals surface area contributed by atoms with Crippen molar-refractivity contribution in [1.29, 1.82) is 0 Å². The van der Waals surface area contributed by atoms with Gasteiger partial charge in [0.1, 0.15) is 0 Å². The van der Waals surface area contributed by atoms with Crippen molar-refractivity contribution in [1.82, 2.24) is 19.7 Å². The molecule has 4 N–H and O–H groups in total. The van der Waals surface area contributed by atoms with Crippen LogP contribution in [0.3, 0.4) is 0 Å². The molecule has 0 radical (unpaired) electrons. The van der Waals surface area contributed by atoms with Crippen LogP contribution in [0.15, 0.2) is 42.6 Å². The first kappa shape index (κ1) is 17.4. The normalized spacial score (nSPS) is 15.7. The zero-order chi connectivity index (χ0) is 20.3. The molecule has 0 saturated heterocycles. The number of nitrogen functional groups attached to an aromatic ring is 1. The van der Waals surface area contributed by atoms with Gasteiger partial charge in [-0.15, -0.1) is 0 Å². The summed E-state index contributed by atoms with van der Waals surface area (Å²) in [4.78, 5) is 30.6. The third-order valence-electron chi connectivity index (χ3n) is 5.54. The van der Waals surface area contributed by atoms with E-state index in [0.29, 0.717) is 23.8 Å². The quantitative estimate of drug-likeness (QED) is 0.512. The van der Waals surface area contributed by atoms with Crippen LogP contribution in [0.1, 0.15) is 34.8 Å². The molecule has 2 aliphatic rings. The SMILES string of the molecule is C=C(CN1Cc2c(-c3ccc4cnn(C5CC5)c4n3)ccc(N)c2C1=O)C(N)=O. The maximum absolute atomic E-state index is 12.9. The molecule has 5 rings (SSSR count). The molecule has 1 aromatic carbocycles. The molecule has 8 heteroatoms. The Bertz CT molecular complexity index is 1210. The van der Waals surface area contributed by atoms with Gasteiger partial charge in [0.05, 0.1) is 30.0 Å². The first-order chi connectivity index (χ1) is 13.9. The van der Waals surface area contributed by atoms with E-state index in [1.807, 2.05) is 29.1 Å². The van der Waals surface area contributed by atoms with Gasteiger partial charge in [-0.2, -0.15) is 5.10 Å². The van der Waals surface area contributed by atoms with Crippen LogP contribution in [-0.4, -0.2) is 38.0 Å². The fourth-order valence-electron chi connectivity index (χ4n) is 3.84. The van der Waals surface area contributed by atoms with Gasteiger partial charge in [-0.1, -0.05) is 12.6 Å². The van der Waals surface area contributed by atoms with Crippen molar-refractivity contribution in [3.63, 3.8) is 0 Å². The number of rotatable bonds is 5. The van der Waals surface area contributed by atoms with Crippen molar-refractivity contribution in [2.24, 2.45) is 5.73 Å². The van der Waals surface area contributed by atoms with Gasteiger partial charge in [0, 0.05) is 28.8 Å². The summed E-state index contributed by atoms with van der Waals surface area (Å²) in [7, 11) is 0. The summed E-state index contributed by atoms with van der Waals surface area (Å²) in [5.74, 6) is -0.853. The molecule has 29 heavy (non-hydrogen) atoms. The largest absolute Gasteiger partial charge is 0.398 e. The number of amides is 2. The lowest BCUT2D eigenvalue weighted by Crippen LogP contribution is -2.30. The summed E-state index contributed by atoms with van der Waals surface area (Å²) in [6.07, 6.45) is 4.07. The van der Waals surface area contributed by atoms with Crippen molar-refractivity contribution in [3.8, 4) is 11.3 Å².